The van der Waals surface area contributed by atoms with Gasteiger partial charge in [0.2, 0.25) is 5.91 Å². The quantitative estimate of drug-likeness (QED) is 0.581. The lowest BCUT2D eigenvalue weighted by Gasteiger charge is -2.31. The Hall–Kier alpha value is -2.71. The molecule has 1 atom stereocenters. The van der Waals surface area contributed by atoms with Crippen LogP contribution >= 0.6 is 11.3 Å². The van der Waals surface area contributed by atoms with Crippen LogP contribution in [0, 0.1) is 5.92 Å². The largest absolute Gasteiger partial charge is 0.448 e. The van der Waals surface area contributed by atoms with Gasteiger partial charge in [-0.05, 0) is 56.6 Å². The molecule has 1 unspecified atom stereocenters. The normalized spacial score (nSPS) is 17.4. The van der Waals surface area contributed by atoms with Gasteiger partial charge in [0.15, 0.2) is 16.5 Å². The molecule has 3 heterocycles. The molecule has 29 heavy (non-hydrogen) atoms. The number of nitrogens with one attached hydrogen (secondary N) is 1. The van der Waals surface area contributed by atoms with Crippen molar-refractivity contribution < 1.29 is 14.0 Å². The first kappa shape index (κ1) is 19.6. The number of piperidine rings is 1. The van der Waals surface area contributed by atoms with E-state index in [1.54, 1.807) is 12.1 Å². The van der Waals surface area contributed by atoms with Crippen LogP contribution in [0.5, 0.6) is 0 Å². The van der Waals surface area contributed by atoms with E-state index in [1.165, 1.54) is 11.3 Å². The number of thiazole rings is 1. The van der Waals surface area contributed by atoms with Crippen molar-refractivity contribution in [3.05, 3.63) is 42.2 Å². The maximum Gasteiger partial charge on any atom is 0.287 e. The number of furan rings is 1. The SMILES string of the molecule is NC(=O)C1CCCN(CCCNC(=O)c2ccc(-c3nc4ccccc4s3)o2)C1. The first-order chi connectivity index (χ1) is 14.1. The van der Waals surface area contributed by atoms with Crippen molar-refractivity contribution in [2.75, 3.05) is 26.2 Å². The molecule has 0 spiro atoms. The van der Waals surface area contributed by atoms with E-state index in [0.717, 1.165) is 47.6 Å². The Kier molecular flexibility index (Phi) is 5.92. The Morgan fingerprint density at radius 3 is 2.97 bits per heavy atom. The number of nitrogens with two attached hydrogens (primary N) is 1. The molecule has 3 aromatic rings. The number of carbonyl (C=O) groups is 2. The molecular formula is C21H24N4O3S. The van der Waals surface area contributed by atoms with Crippen LogP contribution in [0.4, 0.5) is 0 Å². The van der Waals surface area contributed by atoms with Crippen LogP contribution in [0.3, 0.4) is 0 Å². The molecule has 1 aromatic carbocycles. The molecule has 3 N–H and O–H groups in total. The molecule has 2 amide bonds. The summed E-state index contributed by atoms with van der Waals surface area (Å²) in [6, 6.07) is 11.4. The molecule has 0 bridgehead atoms. The standard InChI is InChI=1S/C21H24N4O3S/c22-19(26)14-5-3-11-25(13-14)12-4-10-23-20(27)16-8-9-17(28-16)21-24-15-6-1-2-7-18(15)29-21/h1-2,6-9,14H,3-5,10-13H2,(H2,22,26)(H,23,27). The Bertz CT molecular complexity index is 979. The van der Waals surface area contributed by atoms with Crippen LogP contribution in [0.1, 0.15) is 29.8 Å². The molecule has 2 aromatic heterocycles. The van der Waals surface area contributed by atoms with Crippen molar-refractivity contribution in [3.8, 4) is 10.8 Å². The van der Waals surface area contributed by atoms with Gasteiger partial charge in [-0.25, -0.2) is 4.98 Å². The molecule has 7 nitrogen and oxygen atoms in total. The second-order valence-corrected chi connectivity index (χ2v) is 8.33. The summed E-state index contributed by atoms with van der Waals surface area (Å²) >= 11 is 1.54. The van der Waals surface area contributed by atoms with Gasteiger partial charge >= 0.3 is 0 Å². The fraction of sp³-hybridized carbons (Fsp3) is 0.381. The molecule has 1 saturated heterocycles. The molecule has 152 valence electrons. The van der Waals surface area contributed by atoms with Gasteiger partial charge in [0, 0.05) is 13.1 Å². The number of fused-ring (bicyclic) bond motifs is 1. The highest BCUT2D eigenvalue weighted by atomic mass is 32.1. The van der Waals surface area contributed by atoms with Crippen LogP contribution in [0.15, 0.2) is 40.8 Å². The van der Waals surface area contributed by atoms with Gasteiger partial charge in [-0.3, -0.25) is 9.59 Å². The molecule has 1 aliphatic rings. The molecule has 0 saturated carbocycles. The number of amides is 2. The minimum absolute atomic E-state index is 0.0533. The maximum atomic E-state index is 12.4. The highest BCUT2D eigenvalue weighted by Crippen LogP contribution is 2.31. The summed E-state index contributed by atoms with van der Waals surface area (Å²) in [5.41, 5.74) is 6.34. The summed E-state index contributed by atoms with van der Waals surface area (Å²) in [6.45, 7) is 3.07. The number of primary amides is 1. The van der Waals surface area contributed by atoms with Crippen molar-refractivity contribution >= 4 is 33.4 Å². The number of aromatic nitrogens is 1. The first-order valence-electron chi connectivity index (χ1n) is 9.86. The van der Waals surface area contributed by atoms with Gasteiger partial charge in [0.25, 0.3) is 5.91 Å². The van der Waals surface area contributed by atoms with Crippen LogP contribution < -0.4 is 11.1 Å². The fourth-order valence-electron chi connectivity index (χ4n) is 3.64. The van der Waals surface area contributed by atoms with E-state index in [0.29, 0.717) is 18.8 Å². The monoisotopic (exact) mass is 412 g/mol. The topological polar surface area (TPSA) is 101 Å². The third-order valence-corrected chi connectivity index (χ3v) is 6.23. The lowest BCUT2D eigenvalue weighted by Crippen LogP contribution is -2.42. The maximum absolute atomic E-state index is 12.4. The van der Waals surface area contributed by atoms with Crippen molar-refractivity contribution in [3.63, 3.8) is 0 Å². The average molecular weight is 413 g/mol. The van der Waals surface area contributed by atoms with Crippen LogP contribution in [0.25, 0.3) is 21.0 Å². The lowest BCUT2D eigenvalue weighted by atomic mass is 9.97. The van der Waals surface area contributed by atoms with Gasteiger partial charge in [0.1, 0.15) is 0 Å². The van der Waals surface area contributed by atoms with E-state index < -0.39 is 0 Å². The number of hydrogen-bond acceptors (Lipinski definition) is 6. The van der Waals surface area contributed by atoms with Crippen LogP contribution in [0.2, 0.25) is 0 Å². The number of para-hydroxylation sites is 1. The summed E-state index contributed by atoms with van der Waals surface area (Å²) in [5, 5.41) is 3.66. The Balaban J connectivity index is 1.27. The number of rotatable bonds is 7. The minimum atomic E-state index is -0.231. The third-order valence-electron chi connectivity index (χ3n) is 5.18. The third kappa shape index (κ3) is 4.65. The summed E-state index contributed by atoms with van der Waals surface area (Å²) in [6.07, 6.45) is 2.67. The number of benzene rings is 1. The Morgan fingerprint density at radius 2 is 2.14 bits per heavy atom. The summed E-state index contributed by atoms with van der Waals surface area (Å²) in [7, 11) is 0. The number of carbonyl (C=O) groups excluding carboxylic acids is 2. The van der Waals surface area contributed by atoms with Crippen molar-refractivity contribution in [2.45, 2.75) is 19.3 Å². The van der Waals surface area contributed by atoms with E-state index in [9.17, 15) is 9.59 Å². The fourth-order valence-corrected chi connectivity index (χ4v) is 4.56. The Labute approximate surface area is 172 Å². The smallest absolute Gasteiger partial charge is 0.287 e. The van der Waals surface area contributed by atoms with Crippen LogP contribution in [-0.2, 0) is 4.79 Å². The van der Waals surface area contributed by atoms with E-state index in [4.69, 9.17) is 10.2 Å². The molecule has 0 aliphatic carbocycles. The van der Waals surface area contributed by atoms with E-state index in [2.05, 4.69) is 15.2 Å². The van der Waals surface area contributed by atoms with E-state index in [1.807, 2.05) is 24.3 Å². The number of likely N-dealkylation sites (tertiary alicyclic amines) is 1. The summed E-state index contributed by atoms with van der Waals surface area (Å²) in [5.74, 6) is 0.381. The van der Waals surface area contributed by atoms with Gasteiger partial charge in [-0.1, -0.05) is 12.1 Å². The highest BCUT2D eigenvalue weighted by Gasteiger charge is 2.23. The van der Waals surface area contributed by atoms with E-state index in [-0.39, 0.29) is 23.5 Å². The minimum Gasteiger partial charge on any atom is -0.448 e. The zero-order valence-corrected chi connectivity index (χ0v) is 16.9. The Morgan fingerprint density at radius 1 is 1.28 bits per heavy atom. The molecule has 1 aliphatic heterocycles. The lowest BCUT2D eigenvalue weighted by molar-refractivity contribution is -0.123. The predicted molar refractivity (Wildman–Crippen MR) is 113 cm³/mol. The van der Waals surface area contributed by atoms with Gasteiger partial charge < -0.3 is 20.4 Å². The van der Waals surface area contributed by atoms with Gasteiger partial charge in [0.05, 0.1) is 16.1 Å². The second kappa shape index (κ2) is 8.75. The zero-order valence-electron chi connectivity index (χ0n) is 16.1. The summed E-state index contributed by atoms with van der Waals surface area (Å²) in [4.78, 5) is 30.5. The molecule has 4 rings (SSSR count). The number of hydrogen-bond donors (Lipinski definition) is 2. The first-order valence-corrected chi connectivity index (χ1v) is 10.7. The van der Waals surface area contributed by atoms with Gasteiger partial charge in [-0.2, -0.15) is 0 Å². The van der Waals surface area contributed by atoms with Crippen LogP contribution in [-0.4, -0.2) is 47.9 Å². The predicted octanol–water partition coefficient (Wildman–Crippen LogP) is 2.87. The molecule has 8 heteroatoms. The molecule has 1 fully saturated rings. The van der Waals surface area contributed by atoms with Gasteiger partial charge in [-0.15, -0.1) is 11.3 Å². The average Bonchev–Trinajstić information content (AvgIpc) is 3.38. The second-order valence-electron chi connectivity index (χ2n) is 7.30. The van der Waals surface area contributed by atoms with E-state index >= 15 is 0 Å². The zero-order chi connectivity index (χ0) is 20.2. The summed E-state index contributed by atoms with van der Waals surface area (Å²) < 4.78 is 6.81. The molecular weight excluding hydrogens is 388 g/mol. The number of nitrogens with zero attached hydrogens (tertiary/aromatic N) is 2. The highest BCUT2D eigenvalue weighted by molar-refractivity contribution is 7.21. The van der Waals surface area contributed by atoms with Crippen molar-refractivity contribution in [1.29, 1.82) is 0 Å². The van der Waals surface area contributed by atoms with Crippen molar-refractivity contribution in [2.24, 2.45) is 11.7 Å². The molecule has 0 radical (unpaired) electrons. The van der Waals surface area contributed by atoms with Crippen molar-refractivity contribution in [1.82, 2.24) is 15.2 Å².